The molecule has 0 heterocycles. The second-order valence-electron chi connectivity index (χ2n) is 6.41. The molecule has 0 saturated heterocycles. The highest BCUT2D eigenvalue weighted by Crippen LogP contribution is 2.24. The SMILES string of the molecule is Cc1ccc(C(CNC(=O)C2CCC(N)C2)N(C)C)cc1.Cl.Cl. The summed E-state index contributed by atoms with van der Waals surface area (Å²) in [4.78, 5) is 14.4. The predicted octanol–water partition coefficient (Wildman–Crippen LogP) is 2.68. The first kappa shape index (κ1) is 22.2. The van der Waals surface area contributed by atoms with Crippen molar-refractivity contribution >= 4 is 30.7 Å². The largest absolute Gasteiger partial charge is 0.354 e. The van der Waals surface area contributed by atoms with Gasteiger partial charge >= 0.3 is 0 Å². The third kappa shape index (κ3) is 6.30. The zero-order chi connectivity index (χ0) is 15.4. The Hall–Kier alpha value is -0.810. The summed E-state index contributed by atoms with van der Waals surface area (Å²) in [6, 6.07) is 8.90. The lowest BCUT2D eigenvalue weighted by molar-refractivity contribution is -0.125. The number of nitrogens with one attached hydrogen (secondary N) is 1. The van der Waals surface area contributed by atoms with Gasteiger partial charge in [-0.3, -0.25) is 4.79 Å². The van der Waals surface area contributed by atoms with Crippen LogP contribution in [0.25, 0.3) is 0 Å². The molecule has 1 aromatic carbocycles. The highest BCUT2D eigenvalue weighted by Gasteiger charge is 2.28. The second kappa shape index (κ2) is 10.1. The summed E-state index contributed by atoms with van der Waals surface area (Å²) < 4.78 is 0. The predicted molar refractivity (Wildman–Crippen MR) is 100 cm³/mol. The Kier molecular flexibility index (Phi) is 9.78. The molecule has 0 spiro atoms. The first-order valence-electron chi connectivity index (χ1n) is 7.73. The number of likely N-dealkylation sites (N-methyl/N-ethyl adjacent to an activating group) is 1. The second-order valence-corrected chi connectivity index (χ2v) is 6.41. The zero-order valence-corrected chi connectivity index (χ0v) is 15.8. The molecule has 4 nitrogen and oxygen atoms in total. The Morgan fingerprint density at radius 2 is 1.87 bits per heavy atom. The van der Waals surface area contributed by atoms with Crippen molar-refractivity contribution in [3.63, 3.8) is 0 Å². The first-order valence-corrected chi connectivity index (χ1v) is 7.73. The molecule has 1 aliphatic carbocycles. The first-order chi connectivity index (χ1) is 9.97. The number of hydrogen-bond acceptors (Lipinski definition) is 3. The van der Waals surface area contributed by atoms with Gasteiger partial charge in [-0.15, -0.1) is 24.8 Å². The summed E-state index contributed by atoms with van der Waals surface area (Å²) in [5.41, 5.74) is 8.36. The average molecular weight is 362 g/mol. The molecule has 0 bridgehead atoms. The van der Waals surface area contributed by atoms with Crippen LogP contribution in [0.5, 0.6) is 0 Å². The number of nitrogens with two attached hydrogens (primary N) is 1. The molecule has 1 saturated carbocycles. The lowest BCUT2D eigenvalue weighted by Crippen LogP contribution is -2.37. The minimum Gasteiger partial charge on any atom is -0.354 e. The van der Waals surface area contributed by atoms with Gasteiger partial charge in [0.25, 0.3) is 0 Å². The topological polar surface area (TPSA) is 58.4 Å². The molecular formula is C17H29Cl2N3O. The molecule has 1 aromatic rings. The number of benzene rings is 1. The summed E-state index contributed by atoms with van der Waals surface area (Å²) in [5.74, 6) is 0.253. The molecule has 1 amide bonds. The lowest BCUT2D eigenvalue weighted by Gasteiger charge is -2.26. The van der Waals surface area contributed by atoms with E-state index in [1.807, 2.05) is 14.1 Å². The van der Waals surface area contributed by atoms with Crippen molar-refractivity contribution in [2.45, 2.75) is 38.3 Å². The molecule has 23 heavy (non-hydrogen) atoms. The minimum absolute atomic E-state index is 0. The summed E-state index contributed by atoms with van der Waals surface area (Å²) in [6.45, 7) is 2.72. The van der Waals surface area contributed by atoms with Gasteiger partial charge in [-0.05, 0) is 45.8 Å². The number of nitrogens with zero attached hydrogens (tertiary/aromatic N) is 1. The lowest BCUT2D eigenvalue weighted by atomic mass is 10.0. The number of rotatable bonds is 5. The number of amides is 1. The minimum atomic E-state index is 0. The quantitative estimate of drug-likeness (QED) is 0.847. The monoisotopic (exact) mass is 361 g/mol. The van der Waals surface area contributed by atoms with E-state index in [9.17, 15) is 4.79 Å². The van der Waals surface area contributed by atoms with Crippen LogP contribution in [0.3, 0.4) is 0 Å². The fourth-order valence-corrected chi connectivity index (χ4v) is 2.98. The number of carbonyl (C=O) groups excluding carboxylic acids is 1. The van der Waals surface area contributed by atoms with E-state index in [1.54, 1.807) is 0 Å². The summed E-state index contributed by atoms with van der Waals surface area (Å²) in [6.07, 6.45) is 2.71. The molecule has 6 heteroatoms. The van der Waals surface area contributed by atoms with Crippen molar-refractivity contribution < 1.29 is 4.79 Å². The van der Waals surface area contributed by atoms with E-state index in [1.165, 1.54) is 11.1 Å². The fourth-order valence-electron chi connectivity index (χ4n) is 2.98. The van der Waals surface area contributed by atoms with Crippen LogP contribution in [0.15, 0.2) is 24.3 Å². The van der Waals surface area contributed by atoms with Crippen LogP contribution in [0.1, 0.15) is 36.4 Å². The Balaban J connectivity index is 0.00000242. The standard InChI is InChI=1S/C17H27N3O.2ClH/c1-12-4-6-13(7-5-12)16(20(2)3)11-19-17(21)14-8-9-15(18)10-14;;/h4-7,14-16H,8-11,18H2,1-3H3,(H,19,21);2*1H. The van der Waals surface area contributed by atoms with Crippen LogP contribution in [0, 0.1) is 12.8 Å². The molecule has 0 aromatic heterocycles. The van der Waals surface area contributed by atoms with Crippen molar-refractivity contribution in [3.05, 3.63) is 35.4 Å². The van der Waals surface area contributed by atoms with Gasteiger partial charge in [-0.1, -0.05) is 29.8 Å². The third-order valence-electron chi connectivity index (χ3n) is 4.40. The molecule has 1 aliphatic rings. The van der Waals surface area contributed by atoms with E-state index in [-0.39, 0.29) is 48.7 Å². The summed E-state index contributed by atoms with van der Waals surface area (Å²) >= 11 is 0. The number of carbonyl (C=O) groups is 1. The van der Waals surface area contributed by atoms with Crippen molar-refractivity contribution in [3.8, 4) is 0 Å². The van der Waals surface area contributed by atoms with Gasteiger partial charge in [0, 0.05) is 18.5 Å². The van der Waals surface area contributed by atoms with E-state index in [4.69, 9.17) is 5.73 Å². The van der Waals surface area contributed by atoms with Crippen LogP contribution >= 0.6 is 24.8 Å². The third-order valence-corrected chi connectivity index (χ3v) is 4.40. The van der Waals surface area contributed by atoms with Gasteiger partial charge in [-0.25, -0.2) is 0 Å². The molecule has 0 aliphatic heterocycles. The smallest absolute Gasteiger partial charge is 0.223 e. The molecule has 3 atom stereocenters. The molecule has 3 N–H and O–H groups in total. The Morgan fingerprint density at radius 1 is 1.26 bits per heavy atom. The van der Waals surface area contributed by atoms with E-state index in [2.05, 4.69) is 41.4 Å². The van der Waals surface area contributed by atoms with Gasteiger partial charge in [0.15, 0.2) is 0 Å². The van der Waals surface area contributed by atoms with Gasteiger partial charge in [0.1, 0.15) is 0 Å². The molecule has 2 rings (SSSR count). The van der Waals surface area contributed by atoms with Crippen LogP contribution < -0.4 is 11.1 Å². The van der Waals surface area contributed by atoms with Gasteiger partial charge in [-0.2, -0.15) is 0 Å². The summed E-state index contributed by atoms with van der Waals surface area (Å²) in [5, 5.41) is 3.10. The zero-order valence-electron chi connectivity index (χ0n) is 14.1. The van der Waals surface area contributed by atoms with Crippen molar-refractivity contribution in [1.82, 2.24) is 10.2 Å². The van der Waals surface area contributed by atoms with Crippen LogP contribution in [0.2, 0.25) is 0 Å². The van der Waals surface area contributed by atoms with Crippen molar-refractivity contribution in [1.29, 1.82) is 0 Å². The van der Waals surface area contributed by atoms with E-state index >= 15 is 0 Å². The Morgan fingerprint density at radius 3 is 2.35 bits per heavy atom. The van der Waals surface area contributed by atoms with Gasteiger partial charge < -0.3 is 16.0 Å². The average Bonchev–Trinajstić information content (AvgIpc) is 2.87. The van der Waals surface area contributed by atoms with Crippen LogP contribution in [-0.4, -0.2) is 37.5 Å². The van der Waals surface area contributed by atoms with Crippen LogP contribution in [-0.2, 0) is 4.79 Å². The van der Waals surface area contributed by atoms with Crippen LogP contribution in [0.4, 0.5) is 0 Å². The fraction of sp³-hybridized carbons (Fsp3) is 0.588. The Bertz CT molecular complexity index is 479. The number of halogens is 2. The number of aryl methyl sites for hydroxylation is 1. The maximum Gasteiger partial charge on any atom is 0.223 e. The Labute approximate surface area is 152 Å². The number of hydrogen-bond donors (Lipinski definition) is 2. The molecule has 132 valence electrons. The van der Waals surface area contributed by atoms with Gasteiger partial charge in [0.05, 0.1) is 6.04 Å². The van der Waals surface area contributed by atoms with E-state index in [0.717, 1.165) is 19.3 Å². The normalized spacial score (nSPS) is 21.3. The molecule has 3 unspecified atom stereocenters. The molecule has 1 fully saturated rings. The molecule has 0 radical (unpaired) electrons. The highest BCUT2D eigenvalue weighted by molar-refractivity contribution is 5.85. The maximum absolute atomic E-state index is 12.2. The highest BCUT2D eigenvalue weighted by atomic mass is 35.5. The van der Waals surface area contributed by atoms with Crippen molar-refractivity contribution in [2.24, 2.45) is 11.7 Å². The maximum atomic E-state index is 12.2. The molecular weight excluding hydrogens is 333 g/mol. The van der Waals surface area contributed by atoms with E-state index < -0.39 is 0 Å². The van der Waals surface area contributed by atoms with Gasteiger partial charge in [0.2, 0.25) is 5.91 Å². The summed E-state index contributed by atoms with van der Waals surface area (Å²) in [7, 11) is 4.09. The van der Waals surface area contributed by atoms with E-state index in [0.29, 0.717) is 6.54 Å². The van der Waals surface area contributed by atoms with Crippen molar-refractivity contribution in [2.75, 3.05) is 20.6 Å².